The van der Waals surface area contributed by atoms with E-state index in [-0.39, 0.29) is 45.4 Å². The van der Waals surface area contributed by atoms with E-state index in [1.54, 1.807) is 0 Å². The van der Waals surface area contributed by atoms with Crippen molar-refractivity contribution < 1.29 is 24.3 Å². The maximum Gasteiger partial charge on any atom is 0.353 e. The molecule has 1 saturated heterocycles. The molecule has 146 valence electrons. The molecule has 10 nitrogen and oxygen atoms in total. The van der Waals surface area contributed by atoms with E-state index in [0.29, 0.717) is 0 Å². The number of hydrogen-bond acceptors (Lipinski definition) is 9. The predicted molar refractivity (Wildman–Crippen MR) is 103 cm³/mol. The molecule has 2 amide bonds. The lowest BCUT2D eigenvalue weighted by Crippen LogP contribution is -2.71. The second kappa shape index (κ2) is 8.33. The first-order chi connectivity index (χ1) is 12.3. The number of carbonyl (C=O) groups is 3. The fraction of sp³-hybridized carbons (Fsp3) is 0.308. The van der Waals surface area contributed by atoms with Gasteiger partial charge in [0.1, 0.15) is 29.9 Å². The Bertz CT molecular complexity index is 858. The molecule has 27 heavy (non-hydrogen) atoms. The Morgan fingerprint density at radius 1 is 1.56 bits per heavy atom. The molecule has 1 fully saturated rings. The summed E-state index contributed by atoms with van der Waals surface area (Å²) in [5, 5.41) is 16.7. The number of nitrogen functional groups attached to an aromatic ring is 1. The molecule has 0 saturated carbocycles. The predicted octanol–water partition coefficient (Wildman–Crippen LogP) is 0.433. The van der Waals surface area contributed by atoms with Gasteiger partial charge in [-0.15, -0.1) is 35.5 Å². The topological polar surface area (TPSA) is 147 Å². The van der Waals surface area contributed by atoms with Gasteiger partial charge in [-0.2, -0.15) is 0 Å². The zero-order chi connectivity index (χ0) is 19.0. The Labute approximate surface area is 172 Å². The van der Waals surface area contributed by atoms with Crippen molar-refractivity contribution in [3.63, 3.8) is 0 Å². The Morgan fingerprint density at radius 3 is 2.81 bits per heavy atom. The lowest BCUT2D eigenvalue weighted by atomic mass is 10.0. The summed E-state index contributed by atoms with van der Waals surface area (Å²) < 4.78 is 0. The molecule has 14 heteroatoms. The maximum atomic E-state index is 12.5. The van der Waals surface area contributed by atoms with Crippen LogP contribution in [-0.4, -0.2) is 62.8 Å². The molecule has 0 bridgehead atoms. The van der Waals surface area contributed by atoms with Crippen LogP contribution in [0.5, 0.6) is 0 Å². The summed E-state index contributed by atoms with van der Waals surface area (Å²) in [7, 11) is 1.27. The fourth-order valence-corrected chi connectivity index (χ4v) is 4.58. The number of halogens is 2. The van der Waals surface area contributed by atoms with Crippen LogP contribution >= 0.6 is 47.1 Å². The van der Waals surface area contributed by atoms with Crippen molar-refractivity contribution in [2.24, 2.45) is 5.16 Å². The third-order valence-corrected chi connectivity index (χ3v) is 6.00. The van der Waals surface area contributed by atoms with E-state index in [0.717, 1.165) is 16.2 Å². The van der Waals surface area contributed by atoms with Crippen LogP contribution in [0.15, 0.2) is 21.3 Å². The summed E-state index contributed by atoms with van der Waals surface area (Å²) in [6, 6.07) is -0.912. The van der Waals surface area contributed by atoms with Crippen LogP contribution in [0.4, 0.5) is 5.13 Å². The normalized spacial score (nSPS) is 21.8. The van der Waals surface area contributed by atoms with Crippen LogP contribution in [0.2, 0.25) is 0 Å². The number of amides is 2. The van der Waals surface area contributed by atoms with Gasteiger partial charge in [0.2, 0.25) is 0 Å². The van der Waals surface area contributed by atoms with Crippen molar-refractivity contribution in [1.82, 2.24) is 15.2 Å². The van der Waals surface area contributed by atoms with E-state index < -0.39 is 29.2 Å². The van der Waals surface area contributed by atoms with Gasteiger partial charge in [-0.1, -0.05) is 16.8 Å². The second-order valence-electron chi connectivity index (χ2n) is 5.11. The molecule has 3 heterocycles. The van der Waals surface area contributed by atoms with Gasteiger partial charge in [0.05, 0.1) is 5.03 Å². The van der Waals surface area contributed by atoms with E-state index in [2.05, 4.69) is 20.3 Å². The Balaban J connectivity index is 0.00000261. The number of carboxylic acid groups (broad SMARTS) is 1. The monoisotopic (exact) mass is 453 g/mol. The minimum atomic E-state index is -1.29. The number of carbonyl (C=O) groups excluding carboxylic acids is 2. The maximum absolute atomic E-state index is 12.5. The lowest BCUT2D eigenvalue weighted by Gasteiger charge is -2.48. The number of thioether (sulfide) groups is 1. The summed E-state index contributed by atoms with van der Waals surface area (Å²) in [5.74, 6) is -2.32. The number of nitrogens with one attached hydrogen (secondary N) is 1. The zero-order valence-corrected chi connectivity index (χ0v) is 16.7. The Hall–Kier alpha value is -2.02. The largest absolute Gasteiger partial charge is 0.477 e. The number of rotatable bonds is 5. The lowest BCUT2D eigenvalue weighted by molar-refractivity contribution is -0.150. The number of oxime groups is 1. The van der Waals surface area contributed by atoms with Crippen LogP contribution in [0, 0.1) is 0 Å². The fourth-order valence-electron chi connectivity index (χ4n) is 2.48. The number of aromatic nitrogens is 1. The molecular formula is C13H13Cl2N5O5S2. The molecule has 0 spiro atoms. The highest BCUT2D eigenvalue weighted by atomic mass is 35.5. The number of nitrogens with two attached hydrogens (primary N) is 1. The molecule has 0 aliphatic carbocycles. The van der Waals surface area contributed by atoms with Gasteiger partial charge in [0.15, 0.2) is 10.8 Å². The first kappa shape index (κ1) is 21.3. The first-order valence-corrected chi connectivity index (χ1v) is 9.35. The number of fused-ring (bicyclic) bond motifs is 1. The molecule has 2 aliphatic heterocycles. The highest BCUT2D eigenvalue weighted by Crippen LogP contribution is 2.41. The average molecular weight is 454 g/mol. The summed E-state index contributed by atoms with van der Waals surface area (Å²) in [4.78, 5) is 45.9. The van der Waals surface area contributed by atoms with E-state index >= 15 is 0 Å². The van der Waals surface area contributed by atoms with Gasteiger partial charge in [-0.25, -0.2) is 9.78 Å². The molecule has 0 aromatic carbocycles. The van der Waals surface area contributed by atoms with Crippen molar-refractivity contribution in [1.29, 1.82) is 0 Å². The molecule has 1 unspecified atom stereocenters. The van der Waals surface area contributed by atoms with Crippen molar-refractivity contribution in [2.45, 2.75) is 11.4 Å². The minimum absolute atomic E-state index is 0. The number of carboxylic acids is 1. The molecule has 4 N–H and O–H groups in total. The third kappa shape index (κ3) is 3.83. The summed E-state index contributed by atoms with van der Waals surface area (Å²) >= 11 is 8.28. The van der Waals surface area contributed by atoms with Gasteiger partial charge in [0.25, 0.3) is 11.8 Å². The number of thiazole rings is 1. The number of anilines is 1. The van der Waals surface area contributed by atoms with E-state index in [9.17, 15) is 19.5 Å². The second-order valence-corrected chi connectivity index (χ2v) is 7.56. The highest BCUT2D eigenvalue weighted by Gasteiger charge is 2.54. The quantitative estimate of drug-likeness (QED) is 0.330. The number of nitrogens with zero attached hydrogens (tertiary/aromatic N) is 3. The van der Waals surface area contributed by atoms with Crippen molar-refractivity contribution in [3.8, 4) is 0 Å². The molecule has 2 atom stereocenters. The van der Waals surface area contributed by atoms with Crippen LogP contribution in [0.3, 0.4) is 0 Å². The van der Waals surface area contributed by atoms with Crippen LogP contribution < -0.4 is 11.1 Å². The third-order valence-electron chi connectivity index (χ3n) is 3.57. The van der Waals surface area contributed by atoms with E-state index in [1.165, 1.54) is 24.3 Å². The van der Waals surface area contributed by atoms with Crippen LogP contribution in [0.25, 0.3) is 0 Å². The number of hydrogen-bond donors (Lipinski definition) is 3. The van der Waals surface area contributed by atoms with Gasteiger partial charge < -0.3 is 21.0 Å². The Kier molecular flexibility index (Phi) is 6.57. The SMILES string of the molecule is CON=C(C(=O)NC1C(=O)N2C(C(=O)O)=C(Cl)CS[C@H]12)c1csc(N)n1.Cl. The molecule has 3 rings (SSSR count). The van der Waals surface area contributed by atoms with Crippen molar-refractivity contribution in [3.05, 3.63) is 21.8 Å². The standard InChI is InChI=1S/C13H12ClN5O5S2.ClH/c1-24-18-6(5-3-26-13(15)16-5)9(20)17-7-10(21)19-8(12(22)23)4(14)2-25-11(7)19;/h3,7,11H,2H2,1H3,(H2,15,16)(H,17,20)(H,22,23);1H/t7?,11-;/m1./s1. The van der Waals surface area contributed by atoms with Gasteiger partial charge in [0, 0.05) is 11.1 Å². The van der Waals surface area contributed by atoms with Gasteiger partial charge >= 0.3 is 5.97 Å². The van der Waals surface area contributed by atoms with E-state index in [4.69, 9.17) is 17.3 Å². The summed E-state index contributed by atoms with van der Waals surface area (Å²) in [6.07, 6.45) is 0. The Morgan fingerprint density at radius 2 is 2.26 bits per heavy atom. The minimum Gasteiger partial charge on any atom is -0.477 e. The van der Waals surface area contributed by atoms with Crippen LogP contribution in [0.1, 0.15) is 5.69 Å². The number of β-lactam (4-membered cyclic amide) rings is 1. The summed E-state index contributed by atoms with van der Waals surface area (Å²) in [6.45, 7) is 0. The molecule has 2 aliphatic rings. The molecule has 1 aromatic heterocycles. The van der Waals surface area contributed by atoms with Crippen molar-refractivity contribution >= 4 is 75.7 Å². The molecule has 1 aromatic rings. The van der Waals surface area contributed by atoms with Gasteiger partial charge in [-0.3, -0.25) is 14.5 Å². The average Bonchev–Trinajstić information content (AvgIpc) is 3.02. The first-order valence-electron chi connectivity index (χ1n) is 7.05. The number of aliphatic carboxylic acids is 1. The zero-order valence-electron chi connectivity index (χ0n) is 13.5. The highest BCUT2D eigenvalue weighted by molar-refractivity contribution is 8.00. The van der Waals surface area contributed by atoms with Crippen LogP contribution in [-0.2, 0) is 19.2 Å². The summed E-state index contributed by atoms with van der Waals surface area (Å²) in [5.41, 5.74) is 5.37. The molecule has 0 radical (unpaired) electrons. The van der Waals surface area contributed by atoms with E-state index in [1.807, 2.05) is 0 Å². The van der Waals surface area contributed by atoms with Gasteiger partial charge in [-0.05, 0) is 0 Å². The molecular weight excluding hydrogens is 441 g/mol. The van der Waals surface area contributed by atoms with Crippen molar-refractivity contribution in [2.75, 3.05) is 18.6 Å². The smallest absolute Gasteiger partial charge is 0.353 e.